The molecule has 0 bridgehead atoms. The molecule has 6 heteroatoms. The number of hydrogen-bond donors (Lipinski definition) is 1. The number of nitrogens with one attached hydrogen (secondary N) is 1. The van der Waals surface area contributed by atoms with Crippen LogP contribution in [-0.2, 0) is 17.8 Å². The lowest BCUT2D eigenvalue weighted by Gasteiger charge is -2.19. The Balaban J connectivity index is 1.80. The number of carbonyl (C=O) groups excluding carboxylic acids is 1. The number of hydrogen-bond acceptors (Lipinski definition) is 4. The van der Waals surface area contributed by atoms with Crippen LogP contribution in [0.25, 0.3) is 0 Å². The number of fused-ring (bicyclic) bond motifs is 1. The molecule has 19 heavy (non-hydrogen) atoms. The molecule has 0 spiro atoms. The minimum absolute atomic E-state index is 0.0408. The summed E-state index contributed by atoms with van der Waals surface area (Å²) in [6.45, 7) is 0.917. The highest BCUT2D eigenvalue weighted by Crippen LogP contribution is 2.25. The molecule has 1 saturated carbocycles. The highest BCUT2D eigenvalue weighted by atomic mass is 16.2. The standard InChI is InChI=1S/C13H18N4O2/c1-16(9-4-5-9)13(19)8-17-12(18)7-11-10(15-17)3-2-6-14-11/h7,9,14H,2-6,8H2,1H3. The Morgan fingerprint density at radius 1 is 1.58 bits per heavy atom. The van der Waals surface area contributed by atoms with E-state index in [9.17, 15) is 9.59 Å². The fraction of sp³-hybridized carbons (Fsp3) is 0.615. The van der Waals surface area contributed by atoms with Crippen molar-refractivity contribution in [2.45, 2.75) is 38.3 Å². The smallest absolute Gasteiger partial charge is 0.269 e. The van der Waals surface area contributed by atoms with Crippen LogP contribution in [0.2, 0.25) is 0 Å². The Hall–Kier alpha value is -1.85. The van der Waals surface area contributed by atoms with E-state index < -0.39 is 0 Å². The first-order valence-electron chi connectivity index (χ1n) is 6.76. The zero-order chi connectivity index (χ0) is 13.4. The summed E-state index contributed by atoms with van der Waals surface area (Å²) < 4.78 is 1.28. The van der Waals surface area contributed by atoms with Crippen LogP contribution in [0.15, 0.2) is 10.9 Å². The summed E-state index contributed by atoms with van der Waals surface area (Å²) >= 11 is 0. The van der Waals surface area contributed by atoms with Crippen LogP contribution in [0.1, 0.15) is 25.0 Å². The van der Waals surface area contributed by atoms with Gasteiger partial charge in [-0.25, -0.2) is 4.68 Å². The SMILES string of the molecule is CN(C(=O)Cn1nc2c(cc1=O)NCCC2)C1CC1. The number of rotatable bonds is 3. The molecule has 1 aliphatic heterocycles. The second kappa shape index (κ2) is 4.68. The van der Waals surface area contributed by atoms with Crippen LogP contribution in [0.4, 0.5) is 5.69 Å². The number of anilines is 1. The topological polar surface area (TPSA) is 67.2 Å². The molecule has 1 aromatic rings. The van der Waals surface area contributed by atoms with Gasteiger partial charge in [-0.1, -0.05) is 0 Å². The monoisotopic (exact) mass is 262 g/mol. The Kier molecular flexibility index (Phi) is 3.00. The van der Waals surface area contributed by atoms with Gasteiger partial charge in [0.25, 0.3) is 5.56 Å². The first-order chi connectivity index (χ1) is 9.15. The molecule has 0 aromatic carbocycles. The van der Waals surface area contributed by atoms with Crippen LogP contribution >= 0.6 is 0 Å². The second-order valence-corrected chi connectivity index (χ2v) is 5.27. The van der Waals surface area contributed by atoms with Crippen molar-refractivity contribution in [2.24, 2.45) is 0 Å². The lowest BCUT2D eigenvalue weighted by atomic mass is 10.1. The fourth-order valence-electron chi connectivity index (χ4n) is 2.37. The number of amides is 1. The molecule has 102 valence electrons. The summed E-state index contributed by atoms with van der Waals surface area (Å²) in [5.74, 6) is -0.0409. The van der Waals surface area contributed by atoms with E-state index in [0.717, 1.165) is 43.6 Å². The van der Waals surface area contributed by atoms with Gasteiger partial charge >= 0.3 is 0 Å². The van der Waals surface area contributed by atoms with E-state index in [4.69, 9.17) is 0 Å². The van der Waals surface area contributed by atoms with Gasteiger partial charge in [-0.3, -0.25) is 9.59 Å². The van der Waals surface area contributed by atoms with E-state index in [2.05, 4.69) is 10.4 Å². The minimum Gasteiger partial charge on any atom is -0.383 e. The van der Waals surface area contributed by atoms with E-state index in [0.29, 0.717) is 6.04 Å². The van der Waals surface area contributed by atoms with E-state index in [1.165, 1.54) is 4.68 Å². The molecule has 1 aromatic heterocycles. The van der Waals surface area contributed by atoms with E-state index >= 15 is 0 Å². The molecule has 2 aliphatic rings. The minimum atomic E-state index is -0.217. The van der Waals surface area contributed by atoms with Gasteiger partial charge in [0.15, 0.2) is 0 Å². The number of likely N-dealkylation sites (N-methyl/N-ethyl adjacent to an activating group) is 1. The number of aromatic nitrogens is 2. The maximum atomic E-state index is 12.0. The number of aryl methyl sites for hydroxylation is 1. The van der Waals surface area contributed by atoms with E-state index in [1.807, 2.05) is 0 Å². The van der Waals surface area contributed by atoms with Gasteiger partial charge in [-0.2, -0.15) is 5.10 Å². The Labute approximate surface area is 111 Å². The lowest BCUT2D eigenvalue weighted by Crippen LogP contribution is -2.37. The Morgan fingerprint density at radius 2 is 2.37 bits per heavy atom. The van der Waals surface area contributed by atoms with Crippen molar-refractivity contribution in [2.75, 3.05) is 18.9 Å². The van der Waals surface area contributed by atoms with Gasteiger partial charge < -0.3 is 10.2 Å². The molecule has 6 nitrogen and oxygen atoms in total. The average Bonchev–Trinajstić information content (AvgIpc) is 3.23. The molecule has 0 atom stereocenters. The summed E-state index contributed by atoms with van der Waals surface area (Å²) in [5, 5.41) is 7.47. The maximum absolute atomic E-state index is 12.0. The molecule has 1 aliphatic carbocycles. The van der Waals surface area contributed by atoms with Gasteiger partial charge in [0, 0.05) is 25.7 Å². The zero-order valence-electron chi connectivity index (χ0n) is 11.1. The lowest BCUT2D eigenvalue weighted by molar-refractivity contribution is -0.131. The van der Waals surface area contributed by atoms with Crippen molar-refractivity contribution < 1.29 is 4.79 Å². The highest BCUT2D eigenvalue weighted by molar-refractivity contribution is 5.76. The van der Waals surface area contributed by atoms with E-state index in [1.54, 1.807) is 18.0 Å². The third-order valence-electron chi connectivity index (χ3n) is 3.75. The predicted octanol–water partition coefficient (Wildman–Crippen LogP) is 0.222. The van der Waals surface area contributed by atoms with Crippen LogP contribution in [0.5, 0.6) is 0 Å². The first kappa shape index (κ1) is 12.2. The Bertz CT molecular complexity index is 562. The van der Waals surface area contributed by atoms with Crippen LogP contribution < -0.4 is 10.9 Å². The second-order valence-electron chi connectivity index (χ2n) is 5.27. The van der Waals surface area contributed by atoms with Crippen LogP contribution in [-0.4, -0.2) is 40.2 Å². The summed E-state index contributed by atoms with van der Waals surface area (Å²) in [6.07, 6.45) is 4.00. The summed E-state index contributed by atoms with van der Waals surface area (Å²) in [5.41, 5.74) is 1.48. The predicted molar refractivity (Wildman–Crippen MR) is 71.1 cm³/mol. The largest absolute Gasteiger partial charge is 0.383 e. The van der Waals surface area contributed by atoms with Gasteiger partial charge in [-0.15, -0.1) is 0 Å². The highest BCUT2D eigenvalue weighted by Gasteiger charge is 2.29. The number of nitrogens with zero attached hydrogens (tertiary/aromatic N) is 3. The zero-order valence-corrected chi connectivity index (χ0v) is 11.1. The normalized spacial score (nSPS) is 17.5. The molecule has 0 radical (unpaired) electrons. The summed E-state index contributed by atoms with van der Waals surface area (Å²) in [6, 6.07) is 1.91. The molecule has 1 amide bonds. The van der Waals surface area contributed by atoms with Crippen LogP contribution in [0.3, 0.4) is 0 Å². The molecule has 0 saturated heterocycles. The molecule has 2 heterocycles. The van der Waals surface area contributed by atoms with Crippen molar-refractivity contribution >= 4 is 11.6 Å². The third kappa shape index (κ3) is 2.47. The van der Waals surface area contributed by atoms with Crippen LogP contribution in [0, 0.1) is 0 Å². The first-order valence-corrected chi connectivity index (χ1v) is 6.76. The average molecular weight is 262 g/mol. The third-order valence-corrected chi connectivity index (χ3v) is 3.75. The fourth-order valence-corrected chi connectivity index (χ4v) is 2.37. The van der Waals surface area contributed by atoms with Gasteiger partial charge in [0.1, 0.15) is 6.54 Å². The summed E-state index contributed by atoms with van der Waals surface area (Å²) in [7, 11) is 1.80. The van der Waals surface area contributed by atoms with Gasteiger partial charge in [0.05, 0.1) is 11.4 Å². The molecule has 1 N–H and O–H groups in total. The Morgan fingerprint density at radius 3 is 3.11 bits per heavy atom. The van der Waals surface area contributed by atoms with Crippen molar-refractivity contribution in [3.63, 3.8) is 0 Å². The van der Waals surface area contributed by atoms with Gasteiger partial charge in [-0.05, 0) is 25.7 Å². The van der Waals surface area contributed by atoms with E-state index in [-0.39, 0.29) is 18.0 Å². The van der Waals surface area contributed by atoms with Crippen molar-refractivity contribution in [3.8, 4) is 0 Å². The quantitative estimate of drug-likeness (QED) is 0.846. The molecular weight excluding hydrogens is 244 g/mol. The van der Waals surface area contributed by atoms with Crippen molar-refractivity contribution in [3.05, 3.63) is 22.1 Å². The number of carbonyl (C=O) groups is 1. The maximum Gasteiger partial charge on any atom is 0.269 e. The van der Waals surface area contributed by atoms with Gasteiger partial charge in [0.2, 0.25) is 5.91 Å². The molecule has 1 fully saturated rings. The van der Waals surface area contributed by atoms with Crippen molar-refractivity contribution in [1.82, 2.24) is 14.7 Å². The van der Waals surface area contributed by atoms with Crippen molar-refractivity contribution in [1.29, 1.82) is 0 Å². The summed E-state index contributed by atoms with van der Waals surface area (Å²) in [4.78, 5) is 25.7. The molecule has 3 rings (SSSR count). The molecule has 0 unspecified atom stereocenters. The molecular formula is C13H18N4O2.